The van der Waals surface area contributed by atoms with E-state index in [1.807, 2.05) is 89.3 Å². The number of benzene rings is 12. The summed E-state index contributed by atoms with van der Waals surface area (Å²) in [5.74, 6) is 0. The Kier molecular flexibility index (Phi) is 24.8. The fourth-order valence-electron chi connectivity index (χ4n) is 11.7. The lowest BCUT2D eigenvalue weighted by Crippen LogP contribution is -1.90. The van der Waals surface area contributed by atoms with Gasteiger partial charge in [0.15, 0.2) is 0 Å². The van der Waals surface area contributed by atoms with Crippen molar-refractivity contribution in [1.82, 2.24) is 34.9 Å². The highest BCUT2D eigenvalue weighted by atomic mass is 14.8. The number of rotatable bonds is 3. The van der Waals surface area contributed by atoms with Gasteiger partial charge in [-0.3, -0.25) is 24.9 Å². The Morgan fingerprint density at radius 3 is 1.11 bits per heavy atom. The van der Waals surface area contributed by atoms with Crippen LogP contribution in [0.2, 0.25) is 0 Å². The van der Waals surface area contributed by atoms with Crippen molar-refractivity contribution in [2.24, 2.45) is 0 Å². The molecule has 0 bridgehead atoms. The van der Waals surface area contributed by atoms with Crippen molar-refractivity contribution in [2.45, 2.75) is 55.4 Å². The quantitative estimate of drug-likeness (QED) is 0.163. The van der Waals surface area contributed by atoms with Crippen LogP contribution in [0.4, 0.5) is 0 Å². The van der Waals surface area contributed by atoms with Gasteiger partial charge in [0.2, 0.25) is 0 Å². The van der Waals surface area contributed by atoms with Gasteiger partial charge in [0.05, 0.1) is 5.69 Å². The van der Waals surface area contributed by atoms with E-state index in [1.165, 1.54) is 132 Å². The molecule has 0 radical (unpaired) electrons. The van der Waals surface area contributed by atoms with Gasteiger partial charge < -0.3 is 0 Å². The molecular formula is C91H81N7. The van der Waals surface area contributed by atoms with Crippen LogP contribution in [0.5, 0.6) is 0 Å². The van der Waals surface area contributed by atoms with Gasteiger partial charge in [-0.15, -0.1) is 0 Å². The largest absolute Gasteiger partial charge is 0.265 e. The molecule has 7 heteroatoms. The van der Waals surface area contributed by atoms with Crippen LogP contribution < -0.4 is 0 Å². The van der Waals surface area contributed by atoms with E-state index in [-0.39, 0.29) is 0 Å². The summed E-state index contributed by atoms with van der Waals surface area (Å²) < 4.78 is 0. The molecule has 5 aromatic heterocycles. The van der Waals surface area contributed by atoms with E-state index < -0.39 is 0 Å². The second-order valence-electron chi connectivity index (χ2n) is 23.6. The highest BCUT2D eigenvalue weighted by molar-refractivity contribution is 6.19. The molecule has 0 saturated carbocycles. The van der Waals surface area contributed by atoms with E-state index in [4.69, 9.17) is 0 Å². The van der Waals surface area contributed by atoms with Crippen LogP contribution in [0.15, 0.2) is 347 Å². The number of aromatic nitrogens is 7. The molecule has 5 heterocycles. The molecule has 7 nitrogen and oxygen atoms in total. The summed E-state index contributed by atoms with van der Waals surface area (Å²) in [7, 11) is 0. The van der Waals surface area contributed by atoms with Crippen molar-refractivity contribution in [1.29, 1.82) is 0 Å². The third kappa shape index (κ3) is 18.4. The molecule has 0 aliphatic carbocycles. The first-order chi connectivity index (χ1) is 48.0. The number of fused-ring (bicyclic) bond motifs is 6. The molecule has 0 amide bonds. The molecule has 12 aromatic carbocycles. The van der Waals surface area contributed by atoms with Crippen LogP contribution in [0.3, 0.4) is 0 Å². The van der Waals surface area contributed by atoms with E-state index in [0.29, 0.717) is 0 Å². The molecule has 0 spiro atoms. The minimum Gasteiger partial charge on any atom is -0.265 e. The Labute approximate surface area is 577 Å². The van der Waals surface area contributed by atoms with Crippen LogP contribution >= 0.6 is 0 Å². The standard InChI is InChI=1S/C25H18.C21H16.C17H14.3C6H7N.2C5H6N2/c1-17-19-11-4-6-14-22(19)25(23-15-7-5-12-20(17)23)24-16-8-10-18-9-2-3-13-21(18)24;1-15-17-11-5-7-13-19(17)21(16-9-3-2-4-10-16)20-14-8-6-12-18(15)20;1-13-11-12-16(14-7-3-2-4-8-14)17-10-6-5-9-15(13)17;1-6-2-4-7-5-3-6;1-6-3-2-4-7-5-6;1-6-4-2-3-5-7-6;1-5-4-6-2-3-7-5;1-5-2-3-6-4-7-5/h2-16H,1H3;2-14H,1H3;2-12H,1H3;3*2-5H,1H3;2*2-4H,1H3. The summed E-state index contributed by atoms with van der Waals surface area (Å²) in [5.41, 5.74) is 17.4. The molecule has 17 aromatic rings. The first-order valence-corrected chi connectivity index (χ1v) is 33.0. The molecule has 0 atom stereocenters. The highest BCUT2D eigenvalue weighted by Gasteiger charge is 2.15. The monoisotopic (exact) mass is 1270 g/mol. The summed E-state index contributed by atoms with van der Waals surface area (Å²) in [4.78, 5) is 27.0. The molecular weight excluding hydrogens is 1190 g/mol. The Bertz CT molecular complexity index is 4940. The van der Waals surface area contributed by atoms with E-state index in [9.17, 15) is 0 Å². The second-order valence-corrected chi connectivity index (χ2v) is 23.6. The number of hydrogen-bond donors (Lipinski definition) is 0. The van der Waals surface area contributed by atoms with Crippen LogP contribution in [-0.2, 0) is 0 Å². The zero-order chi connectivity index (χ0) is 68.3. The number of nitrogens with zero attached hydrogens (tertiary/aromatic N) is 7. The zero-order valence-corrected chi connectivity index (χ0v) is 57.0. The molecule has 0 aliphatic heterocycles. The minimum atomic E-state index is 0.961. The van der Waals surface area contributed by atoms with E-state index in [0.717, 1.165) is 17.1 Å². The minimum absolute atomic E-state index is 0.961. The average molecular weight is 1270 g/mol. The Balaban J connectivity index is 0.000000129. The first kappa shape index (κ1) is 68.7. The predicted molar refractivity (Wildman–Crippen MR) is 415 cm³/mol. The van der Waals surface area contributed by atoms with Crippen molar-refractivity contribution in [2.75, 3.05) is 0 Å². The normalized spacial score (nSPS) is 10.2. The van der Waals surface area contributed by atoms with Crippen LogP contribution in [-0.4, -0.2) is 34.9 Å². The van der Waals surface area contributed by atoms with E-state index >= 15 is 0 Å². The lowest BCUT2D eigenvalue weighted by atomic mass is 9.87. The molecule has 17 rings (SSSR count). The van der Waals surface area contributed by atoms with Crippen molar-refractivity contribution in [3.8, 4) is 33.4 Å². The fraction of sp³-hybridized carbons (Fsp3) is 0.0879. The third-order valence-electron chi connectivity index (χ3n) is 16.6. The van der Waals surface area contributed by atoms with Crippen molar-refractivity contribution in [3.63, 3.8) is 0 Å². The zero-order valence-electron chi connectivity index (χ0n) is 57.0. The number of hydrogen-bond acceptors (Lipinski definition) is 7. The van der Waals surface area contributed by atoms with E-state index in [1.54, 1.807) is 49.6 Å². The smallest absolute Gasteiger partial charge is 0.115 e. The van der Waals surface area contributed by atoms with Gasteiger partial charge in [-0.2, -0.15) is 0 Å². The van der Waals surface area contributed by atoms with Crippen molar-refractivity contribution in [3.05, 3.63) is 392 Å². The van der Waals surface area contributed by atoms with E-state index in [2.05, 4.69) is 292 Å². The van der Waals surface area contributed by atoms with Gasteiger partial charge in [0.25, 0.3) is 0 Å². The molecule has 0 aliphatic rings. The SMILES string of the molecule is Cc1c2ccccc2c(-c2cccc3ccccc23)c2ccccc12.Cc1c2ccccc2c(-c2ccccc2)c2ccccc12.Cc1ccc(-c2ccccc2)c2ccccc12.Cc1ccccn1.Cc1cccnc1.Cc1ccncc1.Cc1ccncn1.Cc1cnccn1. The van der Waals surface area contributed by atoms with Crippen LogP contribution in [0.1, 0.15) is 44.9 Å². The Hall–Kier alpha value is -12.2. The number of aryl methyl sites for hydroxylation is 8. The molecule has 480 valence electrons. The summed E-state index contributed by atoms with van der Waals surface area (Å²) in [6.45, 7) is 16.5. The van der Waals surface area contributed by atoms with Crippen LogP contribution in [0.25, 0.3) is 98.0 Å². The van der Waals surface area contributed by atoms with Gasteiger partial charge >= 0.3 is 0 Å². The Morgan fingerprint density at radius 1 is 0.214 bits per heavy atom. The van der Waals surface area contributed by atoms with Gasteiger partial charge in [-0.1, -0.05) is 249 Å². The summed E-state index contributed by atoms with van der Waals surface area (Å²) >= 11 is 0. The molecule has 0 fully saturated rings. The second kappa shape index (κ2) is 35.4. The topological polar surface area (TPSA) is 90.2 Å². The van der Waals surface area contributed by atoms with Gasteiger partial charge in [0, 0.05) is 67.2 Å². The van der Waals surface area contributed by atoms with Crippen LogP contribution in [0, 0.1) is 55.4 Å². The fourth-order valence-corrected chi connectivity index (χ4v) is 11.7. The van der Waals surface area contributed by atoms with Crippen molar-refractivity contribution < 1.29 is 0 Å². The number of pyridine rings is 3. The van der Waals surface area contributed by atoms with Gasteiger partial charge in [0.1, 0.15) is 6.33 Å². The highest BCUT2D eigenvalue weighted by Crippen LogP contribution is 2.42. The summed E-state index contributed by atoms with van der Waals surface area (Å²) in [6.07, 6.45) is 17.3. The molecule has 0 N–H and O–H groups in total. The maximum Gasteiger partial charge on any atom is 0.115 e. The first-order valence-electron chi connectivity index (χ1n) is 33.0. The molecule has 98 heavy (non-hydrogen) atoms. The molecule has 0 unspecified atom stereocenters. The third-order valence-corrected chi connectivity index (χ3v) is 16.6. The molecule has 0 saturated heterocycles. The summed E-state index contributed by atoms with van der Waals surface area (Å²) in [6, 6.07) is 100. The van der Waals surface area contributed by atoms with Crippen molar-refractivity contribution >= 4 is 64.6 Å². The van der Waals surface area contributed by atoms with Gasteiger partial charge in [-0.25, -0.2) is 9.97 Å². The maximum atomic E-state index is 3.98. The lowest BCUT2D eigenvalue weighted by Gasteiger charge is -2.16. The van der Waals surface area contributed by atoms with Gasteiger partial charge in [-0.05, 0) is 218 Å². The maximum absolute atomic E-state index is 3.98. The Morgan fingerprint density at radius 2 is 0.684 bits per heavy atom. The lowest BCUT2D eigenvalue weighted by molar-refractivity contribution is 1.10. The average Bonchev–Trinajstić information content (AvgIpc) is 0.752. The predicted octanol–water partition coefficient (Wildman–Crippen LogP) is 23.6. The summed E-state index contributed by atoms with van der Waals surface area (Å²) in [5, 5.41) is 16.0.